The van der Waals surface area contributed by atoms with Crippen molar-refractivity contribution in [3.8, 4) is 0 Å². The van der Waals surface area contributed by atoms with E-state index in [0.717, 1.165) is 31.0 Å². The molecular formula is C20H36IN5O2. The van der Waals surface area contributed by atoms with Gasteiger partial charge in [0, 0.05) is 51.0 Å². The summed E-state index contributed by atoms with van der Waals surface area (Å²) in [4.78, 5) is 22.9. The standard InChI is InChI=1S/C20H35N5O2.HI/c1-6-15-25(19(26)27-20(3,4)5)16-14-24-18(21-7-2)23-13-11-17-10-8-9-12-22-17;/h8-10,12H,6-7,11,13-16H2,1-5H3,(H2,21,23,24);1H. The van der Waals surface area contributed by atoms with E-state index in [1.807, 2.05) is 52.8 Å². The van der Waals surface area contributed by atoms with Crippen molar-refractivity contribution < 1.29 is 9.53 Å². The maximum atomic E-state index is 12.3. The zero-order valence-electron chi connectivity index (χ0n) is 17.8. The summed E-state index contributed by atoms with van der Waals surface area (Å²) in [5.74, 6) is 0.745. The Labute approximate surface area is 186 Å². The molecule has 0 atom stereocenters. The molecular weight excluding hydrogens is 469 g/mol. The number of rotatable bonds is 9. The summed E-state index contributed by atoms with van der Waals surface area (Å²) in [5.41, 5.74) is 0.536. The highest BCUT2D eigenvalue weighted by atomic mass is 127. The average Bonchev–Trinajstić information content (AvgIpc) is 2.60. The predicted octanol–water partition coefficient (Wildman–Crippen LogP) is 3.44. The number of hydrogen-bond acceptors (Lipinski definition) is 4. The fourth-order valence-electron chi connectivity index (χ4n) is 2.37. The Morgan fingerprint density at radius 2 is 1.96 bits per heavy atom. The number of halogens is 1. The van der Waals surface area contributed by atoms with Crippen molar-refractivity contribution in [1.29, 1.82) is 0 Å². The molecule has 2 N–H and O–H groups in total. The number of nitrogens with one attached hydrogen (secondary N) is 2. The smallest absolute Gasteiger partial charge is 0.410 e. The molecule has 28 heavy (non-hydrogen) atoms. The summed E-state index contributed by atoms with van der Waals surface area (Å²) in [6, 6.07) is 5.89. The summed E-state index contributed by atoms with van der Waals surface area (Å²) in [7, 11) is 0. The van der Waals surface area contributed by atoms with Crippen LogP contribution in [0.2, 0.25) is 0 Å². The van der Waals surface area contributed by atoms with Crippen molar-refractivity contribution in [2.24, 2.45) is 4.99 Å². The Hall–Kier alpha value is -1.58. The van der Waals surface area contributed by atoms with Crippen LogP contribution >= 0.6 is 24.0 Å². The predicted molar refractivity (Wildman–Crippen MR) is 125 cm³/mol. The molecule has 0 bridgehead atoms. The van der Waals surface area contributed by atoms with E-state index in [1.54, 1.807) is 11.1 Å². The van der Waals surface area contributed by atoms with Gasteiger partial charge in [0.1, 0.15) is 5.60 Å². The third-order valence-electron chi connectivity index (χ3n) is 3.53. The van der Waals surface area contributed by atoms with Crippen molar-refractivity contribution in [2.45, 2.75) is 53.1 Å². The summed E-state index contributed by atoms with van der Waals surface area (Å²) in [6.45, 7) is 13.0. The molecule has 0 spiro atoms. The van der Waals surface area contributed by atoms with Gasteiger partial charge in [-0.05, 0) is 46.2 Å². The van der Waals surface area contributed by atoms with Gasteiger partial charge in [0.2, 0.25) is 0 Å². The fourth-order valence-corrected chi connectivity index (χ4v) is 2.37. The van der Waals surface area contributed by atoms with Crippen LogP contribution in [0.3, 0.4) is 0 Å². The molecule has 0 radical (unpaired) electrons. The number of aliphatic imine (C=N–C) groups is 1. The molecule has 0 aromatic carbocycles. The minimum Gasteiger partial charge on any atom is -0.444 e. The molecule has 0 fully saturated rings. The van der Waals surface area contributed by atoms with Crippen molar-refractivity contribution in [3.63, 3.8) is 0 Å². The van der Waals surface area contributed by atoms with E-state index in [2.05, 4.69) is 20.6 Å². The van der Waals surface area contributed by atoms with Crippen LogP contribution in [-0.4, -0.2) is 60.3 Å². The monoisotopic (exact) mass is 505 g/mol. The first-order chi connectivity index (χ1) is 12.9. The second kappa shape index (κ2) is 14.4. The molecule has 1 aromatic heterocycles. The van der Waals surface area contributed by atoms with E-state index in [0.29, 0.717) is 26.2 Å². The molecule has 0 aliphatic rings. The van der Waals surface area contributed by atoms with Gasteiger partial charge in [-0.2, -0.15) is 0 Å². The third kappa shape index (κ3) is 12.0. The van der Waals surface area contributed by atoms with Gasteiger partial charge in [-0.15, -0.1) is 24.0 Å². The fraction of sp³-hybridized carbons (Fsp3) is 0.650. The second-order valence-corrected chi connectivity index (χ2v) is 7.23. The first kappa shape index (κ1) is 26.4. The van der Waals surface area contributed by atoms with Gasteiger partial charge >= 0.3 is 6.09 Å². The van der Waals surface area contributed by atoms with Gasteiger partial charge in [0.05, 0.1) is 0 Å². The first-order valence-electron chi connectivity index (χ1n) is 9.75. The Bertz CT molecular complexity index is 576. The van der Waals surface area contributed by atoms with E-state index >= 15 is 0 Å². The number of ether oxygens (including phenoxy) is 1. The van der Waals surface area contributed by atoms with Crippen LogP contribution in [0, 0.1) is 0 Å². The highest BCUT2D eigenvalue weighted by molar-refractivity contribution is 14.0. The molecule has 7 nitrogen and oxygen atoms in total. The summed E-state index contributed by atoms with van der Waals surface area (Å²) in [6.07, 6.45) is 3.19. The molecule has 0 saturated heterocycles. The van der Waals surface area contributed by atoms with Gasteiger partial charge in [-0.1, -0.05) is 13.0 Å². The molecule has 1 heterocycles. The number of hydrogen-bond donors (Lipinski definition) is 2. The summed E-state index contributed by atoms with van der Waals surface area (Å²) >= 11 is 0. The van der Waals surface area contributed by atoms with E-state index in [-0.39, 0.29) is 30.1 Å². The van der Waals surface area contributed by atoms with Crippen LogP contribution in [0.25, 0.3) is 0 Å². The minimum atomic E-state index is -0.488. The summed E-state index contributed by atoms with van der Waals surface area (Å²) < 4.78 is 5.48. The molecule has 0 aliphatic carbocycles. The van der Waals surface area contributed by atoms with E-state index in [4.69, 9.17) is 4.74 Å². The molecule has 1 amide bonds. The lowest BCUT2D eigenvalue weighted by Gasteiger charge is -2.27. The van der Waals surface area contributed by atoms with Gasteiger partial charge in [-0.25, -0.2) is 4.79 Å². The van der Waals surface area contributed by atoms with Gasteiger partial charge in [0.15, 0.2) is 5.96 Å². The molecule has 8 heteroatoms. The molecule has 0 unspecified atom stereocenters. The number of nitrogens with zero attached hydrogens (tertiary/aromatic N) is 3. The van der Waals surface area contributed by atoms with Crippen molar-refractivity contribution in [2.75, 3.05) is 32.7 Å². The zero-order valence-corrected chi connectivity index (χ0v) is 20.2. The van der Waals surface area contributed by atoms with E-state index in [9.17, 15) is 4.79 Å². The average molecular weight is 505 g/mol. The number of pyridine rings is 1. The molecule has 160 valence electrons. The van der Waals surface area contributed by atoms with Crippen LogP contribution in [0.4, 0.5) is 4.79 Å². The minimum absolute atomic E-state index is 0. The van der Waals surface area contributed by atoms with Gasteiger partial charge in [-0.3, -0.25) is 9.98 Å². The topological polar surface area (TPSA) is 78.9 Å². The molecule has 1 aromatic rings. The Morgan fingerprint density at radius 1 is 1.21 bits per heavy atom. The Morgan fingerprint density at radius 3 is 2.54 bits per heavy atom. The SMILES string of the molecule is CCCN(CCNC(=NCCc1ccccn1)NCC)C(=O)OC(C)(C)C.I. The lowest BCUT2D eigenvalue weighted by Crippen LogP contribution is -2.44. The number of aromatic nitrogens is 1. The zero-order chi connectivity index (χ0) is 20.1. The number of amides is 1. The number of carbonyl (C=O) groups excluding carboxylic acids is 1. The maximum Gasteiger partial charge on any atom is 0.410 e. The summed E-state index contributed by atoms with van der Waals surface area (Å²) in [5, 5.41) is 6.51. The Kier molecular flexibility index (Phi) is 13.6. The third-order valence-corrected chi connectivity index (χ3v) is 3.53. The highest BCUT2D eigenvalue weighted by Gasteiger charge is 2.21. The van der Waals surface area contributed by atoms with Crippen LogP contribution in [0.15, 0.2) is 29.4 Å². The van der Waals surface area contributed by atoms with Crippen LogP contribution < -0.4 is 10.6 Å². The second-order valence-electron chi connectivity index (χ2n) is 7.23. The van der Waals surface area contributed by atoms with Crippen LogP contribution in [0.5, 0.6) is 0 Å². The van der Waals surface area contributed by atoms with E-state index < -0.39 is 5.60 Å². The van der Waals surface area contributed by atoms with Crippen molar-refractivity contribution in [3.05, 3.63) is 30.1 Å². The normalized spacial score (nSPS) is 11.4. The van der Waals surface area contributed by atoms with Crippen molar-refractivity contribution >= 4 is 36.0 Å². The Balaban J connectivity index is 0.00000729. The lowest BCUT2D eigenvalue weighted by atomic mass is 10.2. The number of guanidine groups is 1. The quantitative estimate of drug-likeness (QED) is 0.306. The molecule has 1 rings (SSSR count). The highest BCUT2D eigenvalue weighted by Crippen LogP contribution is 2.10. The first-order valence-corrected chi connectivity index (χ1v) is 9.75. The molecule has 0 aliphatic heterocycles. The van der Waals surface area contributed by atoms with Gasteiger partial charge < -0.3 is 20.3 Å². The van der Waals surface area contributed by atoms with Crippen LogP contribution in [0.1, 0.15) is 46.7 Å². The van der Waals surface area contributed by atoms with E-state index in [1.165, 1.54) is 0 Å². The van der Waals surface area contributed by atoms with Crippen molar-refractivity contribution in [1.82, 2.24) is 20.5 Å². The molecule has 0 saturated carbocycles. The lowest BCUT2D eigenvalue weighted by molar-refractivity contribution is 0.0253. The largest absolute Gasteiger partial charge is 0.444 e. The maximum absolute atomic E-state index is 12.3. The van der Waals surface area contributed by atoms with Crippen LogP contribution in [-0.2, 0) is 11.2 Å². The van der Waals surface area contributed by atoms with Gasteiger partial charge in [0.25, 0.3) is 0 Å². The number of carbonyl (C=O) groups is 1.